The number of nitrogens with zero attached hydrogens (tertiary/aromatic N) is 2. The molecule has 1 unspecified atom stereocenters. The number of aromatic nitrogens is 2. The molecule has 1 heterocycles. The highest BCUT2D eigenvalue weighted by Crippen LogP contribution is 2.30. The minimum absolute atomic E-state index is 0.335. The van der Waals surface area contributed by atoms with Crippen LogP contribution in [0.3, 0.4) is 0 Å². The molecule has 0 aliphatic heterocycles. The van der Waals surface area contributed by atoms with E-state index in [1.54, 1.807) is 23.0 Å². The van der Waals surface area contributed by atoms with Gasteiger partial charge in [0.1, 0.15) is 11.9 Å². The van der Waals surface area contributed by atoms with E-state index in [0.29, 0.717) is 15.7 Å². The number of hydrogen-bond acceptors (Lipinski definition) is 2. The van der Waals surface area contributed by atoms with Crippen LogP contribution >= 0.6 is 31.9 Å². The fraction of sp³-hybridized carbons (Fsp3) is 0.308. The molecular formula is C13H13Br2FN2O. The standard InChI is InChI=1S/C13H13Br2FN2O/c1-2-5-18-12(10(15)7-17-18)13(19)8-3-4-11(16)9(14)6-8/h3-4,6-7,13,19H,2,5H2,1H3. The van der Waals surface area contributed by atoms with Crippen LogP contribution in [0.15, 0.2) is 33.3 Å². The largest absolute Gasteiger partial charge is 0.382 e. The molecule has 1 N–H and O–H groups in total. The fourth-order valence-electron chi connectivity index (χ4n) is 1.87. The smallest absolute Gasteiger partial charge is 0.137 e. The highest BCUT2D eigenvalue weighted by molar-refractivity contribution is 9.10. The second-order valence-electron chi connectivity index (χ2n) is 4.18. The van der Waals surface area contributed by atoms with E-state index in [4.69, 9.17) is 0 Å². The first-order chi connectivity index (χ1) is 9.04. The van der Waals surface area contributed by atoms with Gasteiger partial charge in [-0.25, -0.2) is 4.39 Å². The summed E-state index contributed by atoms with van der Waals surface area (Å²) < 4.78 is 16.1. The van der Waals surface area contributed by atoms with Gasteiger partial charge in [-0.1, -0.05) is 13.0 Å². The highest BCUT2D eigenvalue weighted by Gasteiger charge is 2.20. The molecule has 2 rings (SSSR count). The SMILES string of the molecule is CCCn1ncc(Br)c1C(O)c1ccc(F)c(Br)c1. The van der Waals surface area contributed by atoms with Gasteiger partial charge in [0.2, 0.25) is 0 Å². The lowest BCUT2D eigenvalue weighted by atomic mass is 10.1. The minimum Gasteiger partial charge on any atom is -0.382 e. The van der Waals surface area contributed by atoms with E-state index in [2.05, 4.69) is 37.0 Å². The molecule has 19 heavy (non-hydrogen) atoms. The molecule has 0 bridgehead atoms. The number of halogens is 3. The van der Waals surface area contributed by atoms with E-state index < -0.39 is 6.10 Å². The zero-order valence-corrected chi connectivity index (χ0v) is 13.4. The Morgan fingerprint density at radius 2 is 2.11 bits per heavy atom. The first-order valence-corrected chi connectivity index (χ1v) is 7.47. The Labute approximate surface area is 127 Å². The molecule has 0 aliphatic rings. The first kappa shape index (κ1) is 14.7. The summed E-state index contributed by atoms with van der Waals surface area (Å²) in [6.07, 6.45) is 1.73. The van der Waals surface area contributed by atoms with Crippen molar-refractivity contribution in [3.63, 3.8) is 0 Å². The quantitative estimate of drug-likeness (QED) is 0.853. The van der Waals surface area contributed by atoms with Crippen LogP contribution in [-0.2, 0) is 6.54 Å². The van der Waals surface area contributed by atoms with Gasteiger partial charge in [0.05, 0.1) is 20.8 Å². The van der Waals surface area contributed by atoms with Crippen molar-refractivity contribution in [2.45, 2.75) is 26.0 Å². The molecule has 1 aromatic carbocycles. The summed E-state index contributed by atoms with van der Waals surface area (Å²) in [4.78, 5) is 0. The third-order valence-electron chi connectivity index (χ3n) is 2.79. The Morgan fingerprint density at radius 1 is 1.37 bits per heavy atom. The summed E-state index contributed by atoms with van der Waals surface area (Å²) in [5.41, 5.74) is 1.30. The maximum atomic E-state index is 13.2. The van der Waals surface area contributed by atoms with Gasteiger partial charge in [0, 0.05) is 6.54 Å². The molecule has 0 saturated heterocycles. The van der Waals surface area contributed by atoms with Gasteiger partial charge >= 0.3 is 0 Å². The molecule has 1 aromatic heterocycles. The Morgan fingerprint density at radius 3 is 2.74 bits per heavy atom. The van der Waals surface area contributed by atoms with E-state index in [0.717, 1.165) is 17.4 Å². The number of aliphatic hydroxyl groups is 1. The summed E-state index contributed by atoms with van der Waals surface area (Å²) >= 11 is 6.51. The second-order valence-corrected chi connectivity index (χ2v) is 5.89. The van der Waals surface area contributed by atoms with Crippen molar-refractivity contribution in [2.75, 3.05) is 0 Å². The van der Waals surface area contributed by atoms with E-state index in [9.17, 15) is 9.50 Å². The van der Waals surface area contributed by atoms with Crippen molar-refractivity contribution in [3.05, 3.63) is 50.4 Å². The zero-order chi connectivity index (χ0) is 14.0. The predicted octanol–water partition coefficient (Wildman–Crippen LogP) is 4.04. The second kappa shape index (κ2) is 6.15. The van der Waals surface area contributed by atoms with E-state index in [-0.39, 0.29) is 5.82 Å². The normalized spacial score (nSPS) is 12.7. The van der Waals surface area contributed by atoms with Crippen LogP contribution < -0.4 is 0 Å². The molecular weight excluding hydrogens is 379 g/mol. The molecule has 0 spiro atoms. The molecule has 0 fully saturated rings. The highest BCUT2D eigenvalue weighted by atomic mass is 79.9. The van der Waals surface area contributed by atoms with Gasteiger partial charge in [-0.05, 0) is 56.0 Å². The first-order valence-electron chi connectivity index (χ1n) is 5.88. The summed E-state index contributed by atoms with van der Waals surface area (Å²) in [7, 11) is 0. The maximum Gasteiger partial charge on any atom is 0.137 e. The lowest BCUT2D eigenvalue weighted by Gasteiger charge is -2.14. The summed E-state index contributed by atoms with van der Waals surface area (Å²) in [6.45, 7) is 2.76. The van der Waals surface area contributed by atoms with Crippen LogP contribution in [0.4, 0.5) is 4.39 Å². The van der Waals surface area contributed by atoms with Gasteiger partial charge < -0.3 is 5.11 Å². The summed E-state index contributed by atoms with van der Waals surface area (Å²) in [6, 6.07) is 4.48. The molecule has 3 nitrogen and oxygen atoms in total. The molecule has 1 atom stereocenters. The lowest BCUT2D eigenvalue weighted by molar-refractivity contribution is 0.206. The van der Waals surface area contributed by atoms with Crippen LogP contribution in [0, 0.1) is 5.82 Å². The predicted molar refractivity (Wildman–Crippen MR) is 78.4 cm³/mol. The number of aryl methyl sites for hydroxylation is 1. The average molecular weight is 392 g/mol. The Bertz CT molecular complexity index is 586. The summed E-state index contributed by atoms with van der Waals surface area (Å²) in [5.74, 6) is -0.350. The number of rotatable bonds is 4. The van der Waals surface area contributed by atoms with Crippen molar-refractivity contribution < 1.29 is 9.50 Å². The molecule has 0 saturated carbocycles. The number of aliphatic hydroxyl groups excluding tert-OH is 1. The number of benzene rings is 1. The molecule has 0 radical (unpaired) electrons. The monoisotopic (exact) mass is 390 g/mol. The van der Waals surface area contributed by atoms with Crippen LogP contribution in [0.25, 0.3) is 0 Å². The molecule has 0 amide bonds. The van der Waals surface area contributed by atoms with E-state index in [1.165, 1.54) is 6.07 Å². The van der Waals surface area contributed by atoms with Gasteiger partial charge in [0.15, 0.2) is 0 Å². The van der Waals surface area contributed by atoms with Crippen LogP contribution in [0.5, 0.6) is 0 Å². The van der Waals surface area contributed by atoms with Crippen molar-refractivity contribution in [1.82, 2.24) is 9.78 Å². The summed E-state index contributed by atoms with van der Waals surface area (Å²) in [5, 5.41) is 14.7. The fourth-order valence-corrected chi connectivity index (χ4v) is 2.78. The average Bonchev–Trinajstić information content (AvgIpc) is 2.74. The van der Waals surface area contributed by atoms with E-state index >= 15 is 0 Å². The van der Waals surface area contributed by atoms with Crippen molar-refractivity contribution in [3.8, 4) is 0 Å². The van der Waals surface area contributed by atoms with Gasteiger partial charge in [-0.15, -0.1) is 0 Å². The Balaban J connectivity index is 2.40. The number of hydrogen-bond donors (Lipinski definition) is 1. The Kier molecular flexibility index (Phi) is 4.76. The van der Waals surface area contributed by atoms with E-state index in [1.807, 2.05) is 6.92 Å². The maximum absolute atomic E-state index is 13.2. The van der Waals surface area contributed by atoms with Crippen LogP contribution in [0.1, 0.15) is 30.7 Å². The third-order valence-corrected chi connectivity index (χ3v) is 4.01. The zero-order valence-electron chi connectivity index (χ0n) is 10.3. The molecule has 102 valence electrons. The van der Waals surface area contributed by atoms with Crippen molar-refractivity contribution >= 4 is 31.9 Å². The van der Waals surface area contributed by atoms with Crippen molar-refractivity contribution in [1.29, 1.82) is 0 Å². The van der Waals surface area contributed by atoms with Gasteiger partial charge in [-0.3, -0.25) is 4.68 Å². The van der Waals surface area contributed by atoms with Crippen LogP contribution in [-0.4, -0.2) is 14.9 Å². The molecule has 2 aromatic rings. The van der Waals surface area contributed by atoms with Gasteiger partial charge in [0.25, 0.3) is 0 Å². The lowest BCUT2D eigenvalue weighted by Crippen LogP contribution is -2.10. The Hall–Kier alpha value is -0.720. The third kappa shape index (κ3) is 3.07. The topological polar surface area (TPSA) is 38.0 Å². The molecule has 6 heteroatoms. The minimum atomic E-state index is -0.847. The van der Waals surface area contributed by atoms with Gasteiger partial charge in [-0.2, -0.15) is 5.10 Å². The molecule has 0 aliphatic carbocycles. The van der Waals surface area contributed by atoms with Crippen LogP contribution in [0.2, 0.25) is 0 Å². The van der Waals surface area contributed by atoms with Crippen molar-refractivity contribution in [2.24, 2.45) is 0 Å².